The number of anilines is 2. The van der Waals surface area contributed by atoms with Crippen LogP contribution in [0.25, 0.3) is 5.69 Å². The summed E-state index contributed by atoms with van der Waals surface area (Å²) in [6.07, 6.45) is 0. The first kappa shape index (κ1) is 23.7. The number of aryl methyl sites for hydroxylation is 1. The monoisotopic (exact) mass is 493 g/mol. The van der Waals surface area contributed by atoms with Crippen molar-refractivity contribution < 1.29 is 9.53 Å². The molecule has 34 heavy (non-hydrogen) atoms. The second-order valence-electron chi connectivity index (χ2n) is 7.47. The molecular weight excluding hydrogens is 470 g/mol. The Bertz CT molecular complexity index is 1260. The molecule has 174 valence electrons. The van der Waals surface area contributed by atoms with Crippen molar-refractivity contribution in [2.75, 3.05) is 23.5 Å². The van der Waals surface area contributed by atoms with Crippen LogP contribution in [0.4, 0.5) is 11.4 Å². The predicted molar refractivity (Wildman–Crippen MR) is 137 cm³/mol. The van der Waals surface area contributed by atoms with E-state index < -0.39 is 0 Å². The molecular formula is C25H24ClN5O2S. The lowest BCUT2D eigenvalue weighted by Crippen LogP contribution is -2.15. The van der Waals surface area contributed by atoms with Crippen LogP contribution in [0.5, 0.6) is 5.75 Å². The van der Waals surface area contributed by atoms with Crippen LogP contribution in [0, 0.1) is 6.92 Å². The number of aromatic nitrogens is 3. The highest BCUT2D eigenvalue weighted by Crippen LogP contribution is 2.25. The number of hydrogen-bond acceptors (Lipinski definition) is 6. The third kappa shape index (κ3) is 5.89. The van der Waals surface area contributed by atoms with Gasteiger partial charge >= 0.3 is 0 Å². The maximum Gasteiger partial charge on any atom is 0.234 e. The lowest BCUT2D eigenvalue weighted by Gasteiger charge is -2.12. The topological polar surface area (TPSA) is 81.1 Å². The third-order valence-corrected chi connectivity index (χ3v) is 6.27. The Balaban J connectivity index is 1.50. The second-order valence-corrected chi connectivity index (χ2v) is 8.82. The van der Waals surface area contributed by atoms with E-state index in [1.807, 2.05) is 72.2 Å². The van der Waals surface area contributed by atoms with Gasteiger partial charge in [0, 0.05) is 11.4 Å². The van der Waals surface area contributed by atoms with Gasteiger partial charge in [0.15, 0.2) is 11.0 Å². The summed E-state index contributed by atoms with van der Waals surface area (Å²) in [5.41, 5.74) is 3.60. The molecule has 0 bridgehead atoms. The summed E-state index contributed by atoms with van der Waals surface area (Å²) in [5, 5.41) is 16.1. The molecule has 0 aliphatic heterocycles. The van der Waals surface area contributed by atoms with Crippen molar-refractivity contribution >= 4 is 40.6 Å². The summed E-state index contributed by atoms with van der Waals surface area (Å²) in [6.45, 7) is 2.50. The Labute approximate surface area is 207 Å². The van der Waals surface area contributed by atoms with Gasteiger partial charge in [-0.3, -0.25) is 9.36 Å². The zero-order chi connectivity index (χ0) is 23.9. The van der Waals surface area contributed by atoms with Gasteiger partial charge in [-0.15, -0.1) is 10.2 Å². The summed E-state index contributed by atoms with van der Waals surface area (Å²) in [7, 11) is 1.64. The van der Waals surface area contributed by atoms with Gasteiger partial charge in [-0.25, -0.2) is 0 Å². The number of nitrogens with zero attached hydrogens (tertiary/aromatic N) is 3. The van der Waals surface area contributed by atoms with Crippen molar-refractivity contribution in [2.24, 2.45) is 0 Å². The molecule has 2 N–H and O–H groups in total. The van der Waals surface area contributed by atoms with E-state index in [1.165, 1.54) is 11.8 Å². The Morgan fingerprint density at radius 2 is 1.76 bits per heavy atom. The first-order valence-corrected chi connectivity index (χ1v) is 12.0. The molecule has 0 atom stereocenters. The van der Waals surface area contributed by atoms with Crippen LogP contribution >= 0.6 is 23.4 Å². The van der Waals surface area contributed by atoms with E-state index >= 15 is 0 Å². The fourth-order valence-electron chi connectivity index (χ4n) is 3.23. The first-order valence-electron chi connectivity index (χ1n) is 10.6. The molecule has 0 spiro atoms. The van der Waals surface area contributed by atoms with E-state index in [9.17, 15) is 4.79 Å². The number of benzene rings is 3. The fourth-order valence-corrected chi connectivity index (χ4v) is 4.18. The number of nitrogens with one attached hydrogen (secondary N) is 2. The molecule has 1 heterocycles. The average Bonchev–Trinajstić information content (AvgIpc) is 3.26. The summed E-state index contributed by atoms with van der Waals surface area (Å²) in [4.78, 5) is 12.5. The number of carbonyl (C=O) groups is 1. The van der Waals surface area contributed by atoms with Gasteiger partial charge in [0.1, 0.15) is 5.75 Å². The lowest BCUT2D eigenvalue weighted by atomic mass is 10.2. The van der Waals surface area contributed by atoms with Gasteiger partial charge < -0.3 is 15.4 Å². The highest BCUT2D eigenvalue weighted by atomic mass is 35.5. The van der Waals surface area contributed by atoms with E-state index in [4.69, 9.17) is 16.3 Å². The maximum absolute atomic E-state index is 12.5. The first-order chi connectivity index (χ1) is 16.5. The zero-order valence-electron chi connectivity index (χ0n) is 18.8. The van der Waals surface area contributed by atoms with E-state index in [1.54, 1.807) is 19.2 Å². The number of carbonyl (C=O) groups excluding carboxylic acids is 1. The van der Waals surface area contributed by atoms with Crippen LogP contribution in [0.3, 0.4) is 0 Å². The molecule has 0 aliphatic carbocycles. The number of para-hydroxylation sites is 1. The molecule has 7 nitrogen and oxygen atoms in total. The molecule has 1 amide bonds. The van der Waals surface area contributed by atoms with Gasteiger partial charge in [0.05, 0.1) is 30.1 Å². The number of methoxy groups -OCH3 is 1. The van der Waals surface area contributed by atoms with Crippen molar-refractivity contribution in [1.29, 1.82) is 0 Å². The van der Waals surface area contributed by atoms with Crippen LogP contribution in [-0.2, 0) is 11.3 Å². The average molecular weight is 494 g/mol. The molecule has 0 radical (unpaired) electrons. The molecule has 1 aromatic heterocycles. The summed E-state index contributed by atoms with van der Waals surface area (Å²) < 4.78 is 7.18. The van der Waals surface area contributed by atoms with Gasteiger partial charge in [0.25, 0.3) is 0 Å². The Morgan fingerprint density at radius 3 is 2.47 bits per heavy atom. The SMILES string of the molecule is COc1ccc(NCc2nnc(SCC(=O)Nc3ccccc3Cl)n2-c2ccc(C)cc2)cc1. The molecule has 3 aromatic carbocycles. The van der Waals surface area contributed by atoms with Crippen LogP contribution in [0.2, 0.25) is 5.02 Å². The minimum atomic E-state index is -0.172. The second kappa shape index (κ2) is 11.1. The summed E-state index contributed by atoms with van der Waals surface area (Å²) in [6, 6.07) is 22.9. The molecule has 4 rings (SSSR count). The minimum Gasteiger partial charge on any atom is -0.497 e. The van der Waals surface area contributed by atoms with Gasteiger partial charge in [0.2, 0.25) is 5.91 Å². The van der Waals surface area contributed by atoms with E-state index in [2.05, 4.69) is 20.8 Å². The normalized spacial score (nSPS) is 10.7. The molecule has 0 saturated heterocycles. The smallest absolute Gasteiger partial charge is 0.234 e. The van der Waals surface area contributed by atoms with E-state index in [0.29, 0.717) is 22.4 Å². The number of amides is 1. The van der Waals surface area contributed by atoms with Crippen LogP contribution in [-0.4, -0.2) is 33.5 Å². The predicted octanol–water partition coefficient (Wildman–Crippen LogP) is 5.58. The van der Waals surface area contributed by atoms with Gasteiger partial charge in [-0.1, -0.05) is 53.2 Å². The number of rotatable bonds is 9. The zero-order valence-corrected chi connectivity index (χ0v) is 20.4. The maximum atomic E-state index is 12.5. The summed E-state index contributed by atoms with van der Waals surface area (Å²) >= 11 is 7.46. The molecule has 0 aliphatic rings. The number of halogens is 1. The third-order valence-electron chi connectivity index (χ3n) is 5.01. The quantitative estimate of drug-likeness (QED) is 0.296. The highest BCUT2D eigenvalue weighted by Gasteiger charge is 2.16. The van der Waals surface area contributed by atoms with E-state index in [0.717, 1.165) is 28.5 Å². The minimum absolute atomic E-state index is 0.168. The molecule has 0 unspecified atom stereocenters. The van der Waals surface area contributed by atoms with E-state index in [-0.39, 0.29) is 11.7 Å². The Kier molecular flexibility index (Phi) is 7.72. The summed E-state index contributed by atoms with van der Waals surface area (Å²) in [5.74, 6) is 1.52. The lowest BCUT2D eigenvalue weighted by molar-refractivity contribution is -0.113. The van der Waals surface area contributed by atoms with Crippen molar-refractivity contribution in [3.63, 3.8) is 0 Å². The van der Waals surface area contributed by atoms with Crippen LogP contribution in [0.1, 0.15) is 11.4 Å². The fraction of sp³-hybridized carbons (Fsp3) is 0.160. The van der Waals surface area contributed by atoms with Gasteiger partial charge in [-0.05, 0) is 55.5 Å². The van der Waals surface area contributed by atoms with Crippen LogP contribution < -0.4 is 15.4 Å². The molecule has 9 heteroatoms. The largest absolute Gasteiger partial charge is 0.497 e. The van der Waals surface area contributed by atoms with Crippen molar-refractivity contribution in [3.05, 3.63) is 89.2 Å². The Hall–Kier alpha value is -3.49. The van der Waals surface area contributed by atoms with Crippen molar-refractivity contribution in [3.8, 4) is 11.4 Å². The number of ether oxygens (including phenoxy) is 1. The van der Waals surface area contributed by atoms with Crippen molar-refractivity contribution in [2.45, 2.75) is 18.6 Å². The molecule has 4 aromatic rings. The highest BCUT2D eigenvalue weighted by molar-refractivity contribution is 7.99. The number of thioether (sulfide) groups is 1. The molecule has 0 fully saturated rings. The van der Waals surface area contributed by atoms with Crippen LogP contribution in [0.15, 0.2) is 78.0 Å². The van der Waals surface area contributed by atoms with Crippen molar-refractivity contribution in [1.82, 2.24) is 14.8 Å². The molecule has 0 saturated carbocycles. The Morgan fingerprint density at radius 1 is 1.03 bits per heavy atom. The van der Waals surface area contributed by atoms with Gasteiger partial charge in [-0.2, -0.15) is 0 Å². The number of hydrogen-bond donors (Lipinski definition) is 2. The standard InChI is InChI=1S/C25H24ClN5O2S/c1-17-7-11-19(12-8-17)31-23(15-27-18-9-13-20(33-2)14-10-18)29-30-25(31)34-16-24(32)28-22-6-4-3-5-21(22)26/h3-14,27H,15-16H2,1-2H3,(H,28,32).